The van der Waals surface area contributed by atoms with Crippen LogP contribution in [0.5, 0.6) is 5.88 Å². The summed E-state index contributed by atoms with van der Waals surface area (Å²) in [6.45, 7) is 5.63. The maximum Gasteiger partial charge on any atom is 0.254 e. The molecule has 0 aliphatic rings. The largest absolute Gasteiger partial charge is 0.475 e. The van der Waals surface area contributed by atoms with Gasteiger partial charge in [0.05, 0.1) is 12.7 Å². The average molecular weight is 226 g/mol. The van der Waals surface area contributed by atoms with Gasteiger partial charge in [-0.15, -0.1) is 0 Å². The number of rotatable bonds is 7. The average Bonchev–Trinajstić information content (AvgIpc) is 2.28. The van der Waals surface area contributed by atoms with Gasteiger partial charge in [0.2, 0.25) is 5.88 Å². The Kier molecular flexibility index (Phi) is 5.56. The Morgan fingerprint density at radius 2 is 2.12 bits per heavy atom. The lowest BCUT2D eigenvalue weighted by Crippen LogP contribution is -2.14. The van der Waals surface area contributed by atoms with Crippen LogP contribution < -0.4 is 10.3 Å². The summed E-state index contributed by atoms with van der Waals surface area (Å²) in [5.74, 6) is 0.998. The molecule has 90 valence electrons. The number of hydrogen-bond acceptors (Lipinski definition) is 4. The lowest BCUT2D eigenvalue weighted by atomic mass is 10.4. The highest BCUT2D eigenvalue weighted by molar-refractivity contribution is 5.08. The summed E-state index contributed by atoms with van der Waals surface area (Å²) in [6, 6.07) is 1.35. The molecule has 0 radical (unpaired) electrons. The number of hydrogen-bond donors (Lipinski definition) is 1. The van der Waals surface area contributed by atoms with Crippen molar-refractivity contribution in [1.82, 2.24) is 9.97 Å². The molecule has 0 spiro atoms. The quantitative estimate of drug-likeness (QED) is 0.708. The number of aryl methyl sites for hydroxylation is 1. The van der Waals surface area contributed by atoms with E-state index >= 15 is 0 Å². The van der Waals surface area contributed by atoms with Crippen LogP contribution in [0, 0.1) is 0 Å². The van der Waals surface area contributed by atoms with Crippen LogP contribution in [0.4, 0.5) is 0 Å². The summed E-state index contributed by atoms with van der Waals surface area (Å²) >= 11 is 0. The fourth-order valence-electron chi connectivity index (χ4n) is 1.18. The highest BCUT2D eigenvalue weighted by Gasteiger charge is 2.00. The molecule has 5 nitrogen and oxygen atoms in total. The van der Waals surface area contributed by atoms with Crippen LogP contribution in [0.25, 0.3) is 0 Å². The first kappa shape index (κ1) is 12.7. The molecule has 0 saturated heterocycles. The fraction of sp³-hybridized carbons (Fsp3) is 0.636. The minimum absolute atomic E-state index is 0.184. The van der Waals surface area contributed by atoms with E-state index < -0.39 is 0 Å². The molecular weight excluding hydrogens is 208 g/mol. The Balaban J connectivity index is 2.41. The van der Waals surface area contributed by atoms with E-state index in [0.717, 1.165) is 13.0 Å². The highest BCUT2D eigenvalue weighted by atomic mass is 16.5. The maximum atomic E-state index is 11.2. The van der Waals surface area contributed by atoms with Gasteiger partial charge in [-0.3, -0.25) is 4.79 Å². The monoisotopic (exact) mass is 226 g/mol. The summed E-state index contributed by atoms with van der Waals surface area (Å²) in [6.07, 6.45) is 1.67. The van der Waals surface area contributed by atoms with E-state index in [2.05, 4.69) is 9.97 Å². The molecule has 1 rings (SSSR count). The second-order valence-corrected chi connectivity index (χ2v) is 3.34. The lowest BCUT2D eigenvalue weighted by Gasteiger charge is -2.06. The molecule has 1 aromatic heterocycles. The summed E-state index contributed by atoms with van der Waals surface area (Å²) in [7, 11) is 0. The van der Waals surface area contributed by atoms with Gasteiger partial charge in [0.25, 0.3) is 5.56 Å². The van der Waals surface area contributed by atoms with Crippen LogP contribution in [0.2, 0.25) is 0 Å². The number of ether oxygens (including phenoxy) is 2. The van der Waals surface area contributed by atoms with Crippen LogP contribution in [-0.2, 0) is 11.2 Å². The standard InChI is InChI=1S/C11H18N2O3/c1-3-5-15-6-7-16-11-8-10(14)12-9(4-2)13-11/h8H,3-7H2,1-2H3,(H,12,13,14). The zero-order valence-corrected chi connectivity index (χ0v) is 9.78. The Labute approximate surface area is 94.8 Å². The van der Waals surface area contributed by atoms with Crippen molar-refractivity contribution in [2.75, 3.05) is 19.8 Å². The first-order chi connectivity index (χ1) is 7.76. The van der Waals surface area contributed by atoms with Crippen LogP contribution in [0.15, 0.2) is 10.9 Å². The van der Waals surface area contributed by atoms with Gasteiger partial charge in [-0.05, 0) is 6.42 Å². The minimum Gasteiger partial charge on any atom is -0.475 e. The third-order valence-electron chi connectivity index (χ3n) is 1.93. The number of aromatic nitrogens is 2. The maximum absolute atomic E-state index is 11.2. The SMILES string of the molecule is CCCOCCOc1cc(=O)[nH]c(CC)n1. The predicted octanol–water partition coefficient (Wildman–Crippen LogP) is 1.14. The van der Waals surface area contributed by atoms with Gasteiger partial charge in [0.1, 0.15) is 12.4 Å². The van der Waals surface area contributed by atoms with Gasteiger partial charge in [0, 0.05) is 13.0 Å². The molecule has 0 fully saturated rings. The van der Waals surface area contributed by atoms with Gasteiger partial charge < -0.3 is 14.5 Å². The van der Waals surface area contributed by atoms with E-state index in [1.54, 1.807) is 0 Å². The minimum atomic E-state index is -0.184. The highest BCUT2D eigenvalue weighted by Crippen LogP contribution is 2.02. The molecule has 0 amide bonds. The van der Waals surface area contributed by atoms with E-state index in [4.69, 9.17) is 9.47 Å². The van der Waals surface area contributed by atoms with Crippen LogP contribution in [0.3, 0.4) is 0 Å². The number of nitrogens with zero attached hydrogens (tertiary/aromatic N) is 1. The lowest BCUT2D eigenvalue weighted by molar-refractivity contribution is 0.0988. The molecule has 0 aliphatic heterocycles. The van der Waals surface area contributed by atoms with E-state index in [1.807, 2.05) is 13.8 Å². The summed E-state index contributed by atoms with van der Waals surface area (Å²) < 4.78 is 10.6. The van der Waals surface area contributed by atoms with Crippen molar-refractivity contribution in [3.05, 3.63) is 22.2 Å². The molecule has 0 aliphatic carbocycles. The van der Waals surface area contributed by atoms with Crippen molar-refractivity contribution in [2.24, 2.45) is 0 Å². The Hall–Kier alpha value is -1.36. The van der Waals surface area contributed by atoms with Crippen molar-refractivity contribution < 1.29 is 9.47 Å². The van der Waals surface area contributed by atoms with Gasteiger partial charge in [-0.2, -0.15) is 0 Å². The molecule has 1 aromatic rings. The van der Waals surface area contributed by atoms with Gasteiger partial charge in [0.15, 0.2) is 0 Å². The van der Waals surface area contributed by atoms with Crippen LogP contribution in [0.1, 0.15) is 26.1 Å². The van der Waals surface area contributed by atoms with E-state index in [1.165, 1.54) is 6.07 Å². The zero-order chi connectivity index (χ0) is 11.8. The van der Waals surface area contributed by atoms with Gasteiger partial charge in [-0.1, -0.05) is 13.8 Å². The normalized spacial score (nSPS) is 10.4. The first-order valence-corrected chi connectivity index (χ1v) is 5.57. The smallest absolute Gasteiger partial charge is 0.254 e. The predicted molar refractivity (Wildman–Crippen MR) is 60.8 cm³/mol. The molecule has 5 heteroatoms. The van der Waals surface area contributed by atoms with Crippen LogP contribution >= 0.6 is 0 Å². The molecule has 0 aromatic carbocycles. The number of nitrogens with one attached hydrogen (secondary N) is 1. The topological polar surface area (TPSA) is 64.2 Å². The number of aromatic amines is 1. The molecule has 0 atom stereocenters. The van der Waals surface area contributed by atoms with Crippen molar-refractivity contribution >= 4 is 0 Å². The van der Waals surface area contributed by atoms with Crippen LogP contribution in [-0.4, -0.2) is 29.8 Å². The third kappa shape index (κ3) is 4.44. The van der Waals surface area contributed by atoms with Crippen molar-refractivity contribution in [2.45, 2.75) is 26.7 Å². The van der Waals surface area contributed by atoms with Gasteiger partial charge in [-0.25, -0.2) is 4.98 Å². The van der Waals surface area contributed by atoms with Crippen molar-refractivity contribution in [3.8, 4) is 5.88 Å². The molecule has 0 unspecified atom stereocenters. The summed E-state index contributed by atoms with van der Waals surface area (Å²) in [5.41, 5.74) is -0.184. The van der Waals surface area contributed by atoms with E-state index in [0.29, 0.717) is 31.3 Å². The van der Waals surface area contributed by atoms with Crippen molar-refractivity contribution in [1.29, 1.82) is 0 Å². The van der Waals surface area contributed by atoms with Gasteiger partial charge >= 0.3 is 0 Å². The summed E-state index contributed by atoms with van der Waals surface area (Å²) in [4.78, 5) is 18.0. The molecular formula is C11H18N2O3. The first-order valence-electron chi connectivity index (χ1n) is 5.57. The molecule has 1 heterocycles. The number of H-pyrrole nitrogens is 1. The molecule has 0 bridgehead atoms. The second kappa shape index (κ2) is 7.00. The fourth-order valence-corrected chi connectivity index (χ4v) is 1.18. The Morgan fingerprint density at radius 1 is 1.31 bits per heavy atom. The second-order valence-electron chi connectivity index (χ2n) is 3.34. The molecule has 0 saturated carbocycles. The van der Waals surface area contributed by atoms with E-state index in [-0.39, 0.29) is 5.56 Å². The molecule has 16 heavy (non-hydrogen) atoms. The van der Waals surface area contributed by atoms with Crippen molar-refractivity contribution in [3.63, 3.8) is 0 Å². The molecule has 1 N–H and O–H groups in total. The Morgan fingerprint density at radius 3 is 2.81 bits per heavy atom. The van der Waals surface area contributed by atoms with E-state index in [9.17, 15) is 4.79 Å². The Bertz CT molecular complexity index is 362. The summed E-state index contributed by atoms with van der Waals surface area (Å²) in [5, 5.41) is 0. The third-order valence-corrected chi connectivity index (χ3v) is 1.93. The zero-order valence-electron chi connectivity index (χ0n) is 9.78.